The molecule has 78 valence electrons. The molecule has 1 heterocycles. The summed E-state index contributed by atoms with van der Waals surface area (Å²) in [6, 6.07) is 3.61. The molecule has 0 saturated carbocycles. The minimum atomic E-state index is -0.327. The standard InChI is InChI=1S/C10H16N2O2/c1-3-6-11-7-8-4-5-9(12-8)10(13)14-2/h4-5,11-12H,3,6-7H2,1-2H3. The third kappa shape index (κ3) is 2.88. The predicted octanol–water partition coefficient (Wildman–Crippen LogP) is 1.30. The number of carbonyl (C=O) groups is 1. The number of nitrogens with one attached hydrogen (secondary N) is 2. The van der Waals surface area contributed by atoms with E-state index in [-0.39, 0.29) is 5.97 Å². The van der Waals surface area contributed by atoms with Gasteiger partial charge < -0.3 is 15.0 Å². The van der Waals surface area contributed by atoms with Crippen LogP contribution in [0.5, 0.6) is 0 Å². The van der Waals surface area contributed by atoms with Gasteiger partial charge in [0.2, 0.25) is 0 Å². The van der Waals surface area contributed by atoms with Crippen LogP contribution in [0.15, 0.2) is 12.1 Å². The summed E-state index contributed by atoms with van der Waals surface area (Å²) in [6.07, 6.45) is 1.10. The lowest BCUT2D eigenvalue weighted by atomic mass is 10.4. The van der Waals surface area contributed by atoms with E-state index in [9.17, 15) is 4.79 Å². The minimum Gasteiger partial charge on any atom is -0.464 e. The molecule has 0 saturated heterocycles. The number of esters is 1. The summed E-state index contributed by atoms with van der Waals surface area (Å²) < 4.78 is 4.58. The van der Waals surface area contributed by atoms with Crippen LogP contribution in [0.25, 0.3) is 0 Å². The molecule has 0 aromatic carbocycles. The largest absolute Gasteiger partial charge is 0.464 e. The zero-order valence-electron chi connectivity index (χ0n) is 8.59. The Balaban J connectivity index is 2.46. The molecule has 0 bridgehead atoms. The number of carbonyl (C=O) groups excluding carboxylic acids is 1. The second-order valence-electron chi connectivity index (χ2n) is 3.07. The maximum absolute atomic E-state index is 11.1. The van der Waals surface area contributed by atoms with Crippen molar-refractivity contribution in [3.05, 3.63) is 23.5 Å². The third-order valence-electron chi connectivity index (χ3n) is 1.89. The lowest BCUT2D eigenvalue weighted by Gasteiger charge is -1.99. The third-order valence-corrected chi connectivity index (χ3v) is 1.89. The van der Waals surface area contributed by atoms with Gasteiger partial charge >= 0.3 is 5.97 Å². The Hall–Kier alpha value is -1.29. The van der Waals surface area contributed by atoms with Crippen molar-refractivity contribution < 1.29 is 9.53 Å². The Morgan fingerprint density at radius 1 is 1.57 bits per heavy atom. The molecule has 0 aliphatic rings. The van der Waals surface area contributed by atoms with Gasteiger partial charge in [-0.05, 0) is 25.1 Å². The average Bonchev–Trinajstić information content (AvgIpc) is 2.66. The van der Waals surface area contributed by atoms with Gasteiger partial charge in [0.15, 0.2) is 0 Å². The van der Waals surface area contributed by atoms with Crippen molar-refractivity contribution in [2.24, 2.45) is 0 Å². The fourth-order valence-corrected chi connectivity index (χ4v) is 1.17. The molecule has 1 aromatic rings. The number of H-pyrrole nitrogens is 1. The second-order valence-corrected chi connectivity index (χ2v) is 3.07. The van der Waals surface area contributed by atoms with E-state index in [0.29, 0.717) is 5.69 Å². The van der Waals surface area contributed by atoms with Crippen LogP contribution in [-0.4, -0.2) is 24.6 Å². The summed E-state index contributed by atoms with van der Waals surface area (Å²) in [5.41, 5.74) is 1.50. The highest BCUT2D eigenvalue weighted by atomic mass is 16.5. The van der Waals surface area contributed by atoms with Crippen molar-refractivity contribution in [2.75, 3.05) is 13.7 Å². The topological polar surface area (TPSA) is 54.1 Å². The lowest BCUT2D eigenvalue weighted by molar-refractivity contribution is 0.0594. The van der Waals surface area contributed by atoms with Crippen LogP contribution in [0.3, 0.4) is 0 Å². The van der Waals surface area contributed by atoms with Crippen LogP contribution in [-0.2, 0) is 11.3 Å². The highest BCUT2D eigenvalue weighted by Crippen LogP contribution is 2.02. The molecule has 1 rings (SSSR count). The number of aromatic nitrogens is 1. The Kier molecular flexibility index (Phi) is 4.19. The van der Waals surface area contributed by atoms with E-state index in [1.165, 1.54) is 7.11 Å². The molecule has 0 unspecified atom stereocenters. The van der Waals surface area contributed by atoms with Crippen molar-refractivity contribution in [2.45, 2.75) is 19.9 Å². The van der Waals surface area contributed by atoms with Gasteiger partial charge in [0.1, 0.15) is 5.69 Å². The molecule has 0 amide bonds. The molecule has 0 aliphatic heterocycles. The van der Waals surface area contributed by atoms with E-state index >= 15 is 0 Å². The van der Waals surface area contributed by atoms with Gasteiger partial charge in [0, 0.05) is 12.2 Å². The summed E-state index contributed by atoms with van der Waals surface area (Å²) in [4.78, 5) is 14.1. The molecule has 0 aliphatic carbocycles. The number of rotatable bonds is 5. The summed E-state index contributed by atoms with van der Waals surface area (Å²) in [5, 5.41) is 3.24. The first-order valence-corrected chi connectivity index (χ1v) is 4.74. The first-order valence-electron chi connectivity index (χ1n) is 4.74. The number of methoxy groups -OCH3 is 1. The molecule has 4 heteroatoms. The van der Waals surface area contributed by atoms with E-state index < -0.39 is 0 Å². The molecule has 14 heavy (non-hydrogen) atoms. The minimum absolute atomic E-state index is 0.327. The molecular weight excluding hydrogens is 180 g/mol. The number of hydrogen-bond donors (Lipinski definition) is 2. The van der Waals surface area contributed by atoms with E-state index in [1.807, 2.05) is 6.07 Å². The summed E-state index contributed by atoms with van der Waals surface area (Å²) in [5.74, 6) is -0.327. The SMILES string of the molecule is CCCNCc1ccc(C(=O)OC)[nH]1. The predicted molar refractivity (Wildman–Crippen MR) is 54.1 cm³/mol. The number of aromatic amines is 1. The molecular formula is C10H16N2O2. The van der Waals surface area contributed by atoms with E-state index in [4.69, 9.17) is 0 Å². The Morgan fingerprint density at radius 2 is 2.36 bits per heavy atom. The molecule has 1 aromatic heterocycles. The monoisotopic (exact) mass is 196 g/mol. The van der Waals surface area contributed by atoms with Gasteiger partial charge in [0.05, 0.1) is 7.11 Å². The molecule has 2 N–H and O–H groups in total. The Morgan fingerprint density at radius 3 is 3.00 bits per heavy atom. The van der Waals surface area contributed by atoms with Gasteiger partial charge in [-0.15, -0.1) is 0 Å². The highest BCUT2D eigenvalue weighted by Gasteiger charge is 2.06. The quantitative estimate of drug-likeness (QED) is 0.551. The maximum atomic E-state index is 11.1. The normalized spacial score (nSPS) is 10.1. The van der Waals surface area contributed by atoms with Crippen LogP contribution < -0.4 is 5.32 Å². The van der Waals surface area contributed by atoms with Gasteiger partial charge in [-0.25, -0.2) is 4.79 Å². The van der Waals surface area contributed by atoms with Crippen LogP contribution in [0.4, 0.5) is 0 Å². The van der Waals surface area contributed by atoms with Crippen molar-refractivity contribution >= 4 is 5.97 Å². The number of hydrogen-bond acceptors (Lipinski definition) is 3. The Labute approximate surface area is 83.7 Å². The van der Waals surface area contributed by atoms with Crippen LogP contribution in [0.1, 0.15) is 29.5 Å². The van der Waals surface area contributed by atoms with Gasteiger partial charge in [0.25, 0.3) is 0 Å². The first-order chi connectivity index (χ1) is 6.77. The molecule has 0 spiro atoms. The summed E-state index contributed by atoms with van der Waals surface area (Å²) in [6.45, 7) is 3.85. The summed E-state index contributed by atoms with van der Waals surface area (Å²) >= 11 is 0. The first kappa shape index (κ1) is 10.8. The Bertz CT molecular complexity index is 294. The molecule has 0 atom stereocenters. The highest BCUT2D eigenvalue weighted by molar-refractivity contribution is 5.87. The van der Waals surface area contributed by atoms with Gasteiger partial charge in [-0.3, -0.25) is 0 Å². The van der Waals surface area contributed by atoms with Crippen molar-refractivity contribution in [3.8, 4) is 0 Å². The summed E-state index contributed by atoms with van der Waals surface area (Å²) in [7, 11) is 1.37. The van der Waals surface area contributed by atoms with E-state index in [0.717, 1.165) is 25.2 Å². The maximum Gasteiger partial charge on any atom is 0.354 e. The zero-order valence-corrected chi connectivity index (χ0v) is 8.59. The van der Waals surface area contributed by atoms with Gasteiger partial charge in [-0.1, -0.05) is 6.92 Å². The molecule has 0 radical (unpaired) electrons. The molecule has 0 fully saturated rings. The van der Waals surface area contributed by atoms with Crippen molar-refractivity contribution in [3.63, 3.8) is 0 Å². The smallest absolute Gasteiger partial charge is 0.354 e. The lowest BCUT2D eigenvalue weighted by Crippen LogP contribution is -2.14. The van der Waals surface area contributed by atoms with Crippen LogP contribution in [0.2, 0.25) is 0 Å². The van der Waals surface area contributed by atoms with Crippen LogP contribution in [0, 0.1) is 0 Å². The van der Waals surface area contributed by atoms with Crippen molar-refractivity contribution in [1.29, 1.82) is 0 Å². The average molecular weight is 196 g/mol. The molecule has 4 nitrogen and oxygen atoms in total. The number of ether oxygens (including phenoxy) is 1. The van der Waals surface area contributed by atoms with E-state index in [2.05, 4.69) is 22.0 Å². The fourth-order valence-electron chi connectivity index (χ4n) is 1.17. The van der Waals surface area contributed by atoms with Gasteiger partial charge in [-0.2, -0.15) is 0 Å². The second kappa shape index (κ2) is 5.44. The van der Waals surface area contributed by atoms with Crippen LogP contribution >= 0.6 is 0 Å². The zero-order chi connectivity index (χ0) is 10.4. The fraction of sp³-hybridized carbons (Fsp3) is 0.500. The van der Waals surface area contributed by atoms with E-state index in [1.54, 1.807) is 6.07 Å². The van der Waals surface area contributed by atoms with Crippen molar-refractivity contribution in [1.82, 2.24) is 10.3 Å².